The van der Waals surface area contributed by atoms with E-state index in [9.17, 15) is 0 Å². The van der Waals surface area contributed by atoms with Gasteiger partial charge in [-0.05, 0) is 12.1 Å². The summed E-state index contributed by atoms with van der Waals surface area (Å²) in [6.07, 6.45) is 0.732. The second-order valence-corrected chi connectivity index (χ2v) is 3.63. The molecule has 0 N–H and O–H groups in total. The lowest BCUT2D eigenvalue weighted by Gasteiger charge is -2.06. The number of benzene rings is 1. The fourth-order valence-corrected chi connectivity index (χ4v) is 1.72. The van der Waals surface area contributed by atoms with Crippen LogP contribution >= 0.6 is 11.6 Å². The van der Waals surface area contributed by atoms with Crippen molar-refractivity contribution in [2.75, 3.05) is 13.0 Å². The number of hydrogen-bond acceptors (Lipinski definition) is 3. The normalized spacial score (nSPS) is 19.6. The van der Waals surface area contributed by atoms with Crippen LogP contribution in [0.1, 0.15) is 12.0 Å². The van der Waals surface area contributed by atoms with Crippen LogP contribution in [0, 0.1) is 0 Å². The Hall–Kier alpha value is -1.22. The highest BCUT2D eigenvalue weighted by Crippen LogP contribution is 2.24. The molecule has 0 saturated carbocycles. The zero-order valence-corrected chi connectivity index (χ0v) is 9.20. The molecular formula is C11H12ClNO2. The van der Waals surface area contributed by atoms with Crippen LogP contribution in [0.4, 0.5) is 0 Å². The van der Waals surface area contributed by atoms with E-state index in [1.807, 2.05) is 24.3 Å². The molecule has 1 aromatic carbocycles. The van der Waals surface area contributed by atoms with Gasteiger partial charge in [-0.25, -0.2) is 0 Å². The van der Waals surface area contributed by atoms with Gasteiger partial charge in [0, 0.05) is 12.0 Å². The van der Waals surface area contributed by atoms with E-state index in [4.69, 9.17) is 21.2 Å². The van der Waals surface area contributed by atoms with Crippen molar-refractivity contribution in [2.45, 2.75) is 12.5 Å². The molecule has 0 saturated heterocycles. The molecule has 4 heteroatoms. The Morgan fingerprint density at radius 1 is 1.53 bits per heavy atom. The van der Waals surface area contributed by atoms with Gasteiger partial charge in [0.25, 0.3) is 0 Å². The molecule has 0 fully saturated rings. The number of rotatable bonds is 3. The quantitative estimate of drug-likeness (QED) is 0.740. The molecule has 1 aliphatic heterocycles. The number of para-hydroxylation sites is 1. The first-order chi connectivity index (χ1) is 7.35. The highest BCUT2D eigenvalue weighted by molar-refractivity contribution is 6.18. The SMILES string of the molecule is COc1ccccc1C1=NOC(CCl)C1. The molecule has 1 aromatic rings. The fourth-order valence-electron chi connectivity index (χ4n) is 1.55. The Morgan fingerprint density at radius 2 is 2.33 bits per heavy atom. The van der Waals surface area contributed by atoms with Crippen LogP contribution in [-0.4, -0.2) is 24.8 Å². The number of alkyl halides is 1. The molecule has 0 amide bonds. The summed E-state index contributed by atoms with van der Waals surface area (Å²) in [6.45, 7) is 0. The van der Waals surface area contributed by atoms with Gasteiger partial charge in [0.05, 0.1) is 18.7 Å². The second kappa shape index (κ2) is 4.53. The third kappa shape index (κ3) is 2.07. The fraction of sp³-hybridized carbons (Fsp3) is 0.364. The highest BCUT2D eigenvalue weighted by atomic mass is 35.5. The van der Waals surface area contributed by atoms with Crippen LogP contribution < -0.4 is 4.74 Å². The molecule has 1 heterocycles. The van der Waals surface area contributed by atoms with E-state index in [0.29, 0.717) is 5.88 Å². The van der Waals surface area contributed by atoms with E-state index in [1.54, 1.807) is 7.11 Å². The van der Waals surface area contributed by atoms with Gasteiger partial charge in [-0.2, -0.15) is 0 Å². The maximum atomic E-state index is 5.70. The maximum absolute atomic E-state index is 5.70. The molecule has 0 aromatic heterocycles. The molecule has 1 aliphatic rings. The van der Waals surface area contributed by atoms with Gasteiger partial charge in [0.2, 0.25) is 0 Å². The Balaban J connectivity index is 2.23. The first-order valence-electron chi connectivity index (χ1n) is 4.77. The van der Waals surface area contributed by atoms with Crippen LogP contribution in [-0.2, 0) is 4.84 Å². The zero-order chi connectivity index (χ0) is 10.7. The first-order valence-corrected chi connectivity index (χ1v) is 5.30. The lowest BCUT2D eigenvalue weighted by molar-refractivity contribution is 0.102. The predicted molar refractivity (Wildman–Crippen MR) is 59.7 cm³/mol. The molecule has 80 valence electrons. The number of halogens is 1. The molecule has 0 bridgehead atoms. The number of oxime groups is 1. The summed E-state index contributed by atoms with van der Waals surface area (Å²) >= 11 is 5.70. The van der Waals surface area contributed by atoms with Crippen LogP contribution in [0.3, 0.4) is 0 Å². The van der Waals surface area contributed by atoms with Crippen LogP contribution in [0.15, 0.2) is 29.4 Å². The molecule has 1 unspecified atom stereocenters. The second-order valence-electron chi connectivity index (χ2n) is 3.32. The standard InChI is InChI=1S/C11H12ClNO2/c1-14-11-5-3-2-4-9(11)10-6-8(7-12)15-13-10/h2-5,8H,6-7H2,1H3. The van der Waals surface area contributed by atoms with E-state index in [2.05, 4.69) is 5.16 Å². The topological polar surface area (TPSA) is 30.8 Å². The smallest absolute Gasteiger partial charge is 0.146 e. The van der Waals surface area contributed by atoms with Gasteiger partial charge in [-0.1, -0.05) is 17.3 Å². The zero-order valence-electron chi connectivity index (χ0n) is 8.44. The lowest BCUT2D eigenvalue weighted by Crippen LogP contribution is -2.10. The van der Waals surface area contributed by atoms with E-state index in [1.165, 1.54) is 0 Å². The van der Waals surface area contributed by atoms with E-state index in [-0.39, 0.29) is 6.10 Å². The summed E-state index contributed by atoms with van der Waals surface area (Å²) in [7, 11) is 1.65. The van der Waals surface area contributed by atoms with Gasteiger partial charge in [-0.3, -0.25) is 0 Å². The van der Waals surface area contributed by atoms with Gasteiger partial charge < -0.3 is 9.57 Å². The average Bonchev–Trinajstić information content (AvgIpc) is 2.77. The summed E-state index contributed by atoms with van der Waals surface area (Å²) in [5.41, 5.74) is 1.88. The molecule has 15 heavy (non-hydrogen) atoms. The minimum Gasteiger partial charge on any atom is -0.496 e. The third-order valence-corrected chi connectivity index (χ3v) is 2.67. The van der Waals surface area contributed by atoms with Crippen LogP contribution in [0.2, 0.25) is 0 Å². The minimum atomic E-state index is -0.00780. The van der Waals surface area contributed by atoms with Crippen molar-refractivity contribution in [3.63, 3.8) is 0 Å². The van der Waals surface area contributed by atoms with E-state index < -0.39 is 0 Å². The van der Waals surface area contributed by atoms with Crippen molar-refractivity contribution in [3.8, 4) is 5.75 Å². The Bertz CT molecular complexity index is 379. The van der Waals surface area contributed by atoms with Crippen molar-refractivity contribution < 1.29 is 9.57 Å². The van der Waals surface area contributed by atoms with Crippen molar-refractivity contribution in [2.24, 2.45) is 5.16 Å². The molecule has 0 spiro atoms. The van der Waals surface area contributed by atoms with Crippen LogP contribution in [0.25, 0.3) is 0 Å². The number of nitrogens with zero attached hydrogens (tertiary/aromatic N) is 1. The molecule has 0 radical (unpaired) electrons. The van der Waals surface area contributed by atoms with Crippen molar-refractivity contribution in [1.29, 1.82) is 0 Å². The number of hydrogen-bond donors (Lipinski definition) is 0. The minimum absolute atomic E-state index is 0.00780. The third-order valence-electron chi connectivity index (χ3n) is 2.32. The van der Waals surface area contributed by atoms with Gasteiger partial charge >= 0.3 is 0 Å². The Kier molecular flexibility index (Phi) is 3.11. The highest BCUT2D eigenvalue weighted by Gasteiger charge is 2.22. The van der Waals surface area contributed by atoms with Gasteiger partial charge in [0.15, 0.2) is 0 Å². The molecule has 2 rings (SSSR count). The number of methoxy groups -OCH3 is 1. The number of ether oxygens (including phenoxy) is 1. The predicted octanol–water partition coefficient (Wildman–Crippen LogP) is 2.43. The summed E-state index contributed by atoms with van der Waals surface area (Å²) in [6, 6.07) is 7.76. The van der Waals surface area contributed by atoms with Crippen LogP contribution in [0.5, 0.6) is 5.75 Å². The van der Waals surface area contributed by atoms with Gasteiger partial charge in [-0.15, -0.1) is 11.6 Å². The van der Waals surface area contributed by atoms with E-state index in [0.717, 1.165) is 23.4 Å². The average molecular weight is 226 g/mol. The maximum Gasteiger partial charge on any atom is 0.146 e. The lowest BCUT2D eigenvalue weighted by atomic mass is 10.0. The molecule has 3 nitrogen and oxygen atoms in total. The molecule has 1 atom stereocenters. The summed E-state index contributed by atoms with van der Waals surface area (Å²) < 4.78 is 5.26. The monoisotopic (exact) mass is 225 g/mol. The van der Waals surface area contributed by atoms with Gasteiger partial charge in [0.1, 0.15) is 11.9 Å². The Morgan fingerprint density at radius 3 is 3.00 bits per heavy atom. The van der Waals surface area contributed by atoms with Crippen molar-refractivity contribution in [1.82, 2.24) is 0 Å². The van der Waals surface area contributed by atoms with Crippen molar-refractivity contribution in [3.05, 3.63) is 29.8 Å². The summed E-state index contributed by atoms with van der Waals surface area (Å²) in [5, 5.41) is 4.02. The summed E-state index contributed by atoms with van der Waals surface area (Å²) in [4.78, 5) is 5.17. The largest absolute Gasteiger partial charge is 0.496 e. The van der Waals surface area contributed by atoms with Crippen molar-refractivity contribution >= 4 is 17.3 Å². The Labute approximate surface area is 93.6 Å². The van der Waals surface area contributed by atoms with E-state index >= 15 is 0 Å². The first kappa shape index (κ1) is 10.3. The molecular weight excluding hydrogens is 214 g/mol. The molecule has 0 aliphatic carbocycles. The summed E-state index contributed by atoms with van der Waals surface area (Å²) in [5.74, 6) is 1.28.